The fourth-order valence-corrected chi connectivity index (χ4v) is 2.55. The second-order valence-corrected chi connectivity index (χ2v) is 6.20. The van der Waals surface area contributed by atoms with E-state index in [9.17, 15) is 4.79 Å². The van der Waals surface area contributed by atoms with Crippen LogP contribution in [0.1, 0.15) is 17.0 Å². The van der Waals surface area contributed by atoms with Gasteiger partial charge in [-0.3, -0.25) is 9.48 Å². The number of benzene rings is 1. The average molecular weight is 338 g/mol. The molecular weight excluding hydrogens is 316 g/mol. The van der Waals surface area contributed by atoms with E-state index in [0.29, 0.717) is 12.1 Å². The highest BCUT2D eigenvalue weighted by Gasteiger charge is 2.15. The van der Waals surface area contributed by atoms with Gasteiger partial charge < -0.3 is 16.0 Å². The van der Waals surface area contributed by atoms with Gasteiger partial charge in [-0.2, -0.15) is 5.10 Å². The number of imidazole rings is 1. The van der Waals surface area contributed by atoms with Crippen molar-refractivity contribution in [3.05, 3.63) is 53.6 Å². The molecule has 1 atom stereocenters. The summed E-state index contributed by atoms with van der Waals surface area (Å²) in [7, 11) is 1.83. The van der Waals surface area contributed by atoms with Crippen LogP contribution in [0, 0.1) is 13.8 Å². The molecule has 130 valence electrons. The quantitative estimate of drug-likeness (QED) is 0.661. The molecule has 0 aliphatic rings. The zero-order chi connectivity index (χ0) is 18.0. The Balaban J connectivity index is 1.63. The van der Waals surface area contributed by atoms with Crippen LogP contribution in [0.2, 0.25) is 0 Å². The molecule has 3 rings (SSSR count). The molecule has 0 saturated carbocycles. The SMILES string of the molecule is Cc1nc(-c2ccc(NC(=O)C(N)Cc3cnn(C)c3)cc2)[nH]c1C. The monoisotopic (exact) mass is 338 g/mol. The predicted octanol–water partition coefficient (Wildman–Crippen LogP) is 1.94. The van der Waals surface area contributed by atoms with Crippen LogP contribution in [0.25, 0.3) is 11.4 Å². The first-order chi connectivity index (χ1) is 11.9. The summed E-state index contributed by atoms with van der Waals surface area (Å²) >= 11 is 0. The minimum Gasteiger partial charge on any atom is -0.342 e. The number of nitrogens with two attached hydrogens (primary N) is 1. The molecule has 0 radical (unpaired) electrons. The molecule has 25 heavy (non-hydrogen) atoms. The zero-order valence-electron chi connectivity index (χ0n) is 14.6. The van der Waals surface area contributed by atoms with Crippen LogP contribution < -0.4 is 11.1 Å². The number of aryl methyl sites for hydroxylation is 3. The van der Waals surface area contributed by atoms with Gasteiger partial charge in [0.2, 0.25) is 5.91 Å². The smallest absolute Gasteiger partial charge is 0.241 e. The van der Waals surface area contributed by atoms with Gasteiger partial charge in [0.05, 0.1) is 17.9 Å². The van der Waals surface area contributed by atoms with Crippen molar-refractivity contribution in [1.82, 2.24) is 19.7 Å². The number of rotatable bonds is 5. The fourth-order valence-electron chi connectivity index (χ4n) is 2.55. The number of aromatic nitrogens is 4. The van der Waals surface area contributed by atoms with E-state index in [4.69, 9.17) is 5.73 Å². The average Bonchev–Trinajstić information content (AvgIpc) is 3.14. The van der Waals surface area contributed by atoms with E-state index in [0.717, 1.165) is 28.3 Å². The third kappa shape index (κ3) is 3.95. The molecule has 1 aromatic carbocycles. The molecule has 0 aliphatic heterocycles. The molecule has 1 amide bonds. The van der Waals surface area contributed by atoms with Gasteiger partial charge in [-0.15, -0.1) is 0 Å². The van der Waals surface area contributed by atoms with E-state index in [1.807, 2.05) is 51.4 Å². The Kier molecular flexibility index (Phi) is 4.67. The lowest BCUT2D eigenvalue weighted by Gasteiger charge is -2.11. The molecule has 0 bridgehead atoms. The van der Waals surface area contributed by atoms with Crippen LogP contribution in [0.3, 0.4) is 0 Å². The number of amides is 1. The van der Waals surface area contributed by atoms with Gasteiger partial charge in [-0.25, -0.2) is 4.98 Å². The number of hydrogen-bond donors (Lipinski definition) is 3. The van der Waals surface area contributed by atoms with E-state index in [2.05, 4.69) is 20.4 Å². The molecule has 3 aromatic rings. The third-order valence-electron chi connectivity index (χ3n) is 4.10. The molecule has 0 saturated heterocycles. The first-order valence-corrected chi connectivity index (χ1v) is 8.10. The summed E-state index contributed by atoms with van der Waals surface area (Å²) in [6.07, 6.45) is 4.02. The van der Waals surface area contributed by atoms with Crippen molar-refractivity contribution in [3.63, 3.8) is 0 Å². The number of anilines is 1. The number of carbonyl (C=O) groups excluding carboxylic acids is 1. The van der Waals surface area contributed by atoms with Crippen molar-refractivity contribution in [2.45, 2.75) is 26.3 Å². The highest BCUT2D eigenvalue weighted by molar-refractivity contribution is 5.95. The molecule has 0 aliphatic carbocycles. The van der Waals surface area contributed by atoms with Gasteiger partial charge in [0.25, 0.3) is 0 Å². The summed E-state index contributed by atoms with van der Waals surface area (Å²) in [6, 6.07) is 6.90. The van der Waals surface area contributed by atoms with E-state index in [1.165, 1.54) is 0 Å². The number of nitrogens with zero attached hydrogens (tertiary/aromatic N) is 3. The maximum absolute atomic E-state index is 12.2. The maximum Gasteiger partial charge on any atom is 0.241 e. The Bertz CT molecular complexity index is 858. The molecule has 7 nitrogen and oxygen atoms in total. The Hall–Kier alpha value is -2.93. The number of aromatic amines is 1. The van der Waals surface area contributed by atoms with Crippen molar-refractivity contribution in [1.29, 1.82) is 0 Å². The van der Waals surface area contributed by atoms with Crippen LogP contribution >= 0.6 is 0 Å². The summed E-state index contributed by atoms with van der Waals surface area (Å²) in [4.78, 5) is 20.0. The molecule has 0 fully saturated rings. The van der Waals surface area contributed by atoms with Gasteiger partial charge in [0.1, 0.15) is 5.82 Å². The summed E-state index contributed by atoms with van der Waals surface area (Å²) < 4.78 is 1.69. The van der Waals surface area contributed by atoms with E-state index in [1.54, 1.807) is 10.9 Å². The molecule has 7 heteroatoms. The lowest BCUT2D eigenvalue weighted by Crippen LogP contribution is -2.37. The van der Waals surface area contributed by atoms with E-state index < -0.39 is 6.04 Å². The van der Waals surface area contributed by atoms with Gasteiger partial charge in [0, 0.05) is 30.2 Å². The molecule has 1 unspecified atom stereocenters. The summed E-state index contributed by atoms with van der Waals surface area (Å²) in [5.41, 5.74) is 10.6. The zero-order valence-corrected chi connectivity index (χ0v) is 14.6. The predicted molar refractivity (Wildman–Crippen MR) is 97.0 cm³/mol. The Morgan fingerprint density at radius 1 is 1.32 bits per heavy atom. The fraction of sp³-hybridized carbons (Fsp3) is 0.278. The number of nitrogens with one attached hydrogen (secondary N) is 2. The minimum atomic E-state index is -0.626. The molecule has 2 aromatic heterocycles. The Morgan fingerprint density at radius 2 is 2.04 bits per heavy atom. The van der Waals surface area contributed by atoms with Crippen LogP contribution in [0.4, 0.5) is 5.69 Å². The second-order valence-electron chi connectivity index (χ2n) is 6.20. The molecule has 4 N–H and O–H groups in total. The second kappa shape index (κ2) is 6.90. The van der Waals surface area contributed by atoms with Crippen LogP contribution in [-0.4, -0.2) is 31.7 Å². The molecular formula is C18H22N6O. The largest absolute Gasteiger partial charge is 0.342 e. The summed E-state index contributed by atoms with van der Waals surface area (Å²) in [6.45, 7) is 3.96. The van der Waals surface area contributed by atoms with Crippen molar-refractivity contribution in [3.8, 4) is 11.4 Å². The standard InChI is InChI=1S/C18H22N6O/c1-11-12(2)22-17(21-11)14-4-6-15(7-5-14)23-18(25)16(19)8-13-9-20-24(3)10-13/h4-7,9-10,16H,8,19H2,1-3H3,(H,21,22)(H,23,25). The van der Waals surface area contributed by atoms with E-state index in [-0.39, 0.29) is 5.91 Å². The van der Waals surface area contributed by atoms with Crippen LogP contribution in [0.5, 0.6) is 0 Å². The topological polar surface area (TPSA) is 102 Å². The number of H-pyrrole nitrogens is 1. The van der Waals surface area contributed by atoms with Crippen LogP contribution in [0.15, 0.2) is 36.7 Å². The first kappa shape index (κ1) is 16.9. The van der Waals surface area contributed by atoms with Gasteiger partial charge in [-0.05, 0) is 50.1 Å². The van der Waals surface area contributed by atoms with Gasteiger partial charge >= 0.3 is 0 Å². The molecule has 0 spiro atoms. The summed E-state index contributed by atoms with van der Waals surface area (Å²) in [5, 5.41) is 6.92. The van der Waals surface area contributed by atoms with Crippen molar-refractivity contribution in [2.75, 3.05) is 5.32 Å². The minimum absolute atomic E-state index is 0.221. The summed E-state index contributed by atoms with van der Waals surface area (Å²) in [5.74, 6) is 0.599. The lowest BCUT2D eigenvalue weighted by molar-refractivity contribution is -0.117. The maximum atomic E-state index is 12.2. The van der Waals surface area contributed by atoms with Crippen molar-refractivity contribution < 1.29 is 4.79 Å². The van der Waals surface area contributed by atoms with Gasteiger partial charge in [0.15, 0.2) is 0 Å². The van der Waals surface area contributed by atoms with Crippen molar-refractivity contribution >= 4 is 11.6 Å². The third-order valence-corrected chi connectivity index (χ3v) is 4.10. The first-order valence-electron chi connectivity index (χ1n) is 8.10. The lowest BCUT2D eigenvalue weighted by atomic mass is 10.1. The highest BCUT2D eigenvalue weighted by atomic mass is 16.2. The Labute approximate surface area is 146 Å². The number of carbonyl (C=O) groups is 1. The van der Waals surface area contributed by atoms with Crippen molar-refractivity contribution in [2.24, 2.45) is 12.8 Å². The Morgan fingerprint density at radius 3 is 2.60 bits per heavy atom. The normalized spacial score (nSPS) is 12.2. The highest BCUT2D eigenvalue weighted by Crippen LogP contribution is 2.20. The van der Waals surface area contributed by atoms with Crippen LogP contribution in [-0.2, 0) is 18.3 Å². The van der Waals surface area contributed by atoms with E-state index >= 15 is 0 Å². The number of hydrogen-bond acceptors (Lipinski definition) is 4. The van der Waals surface area contributed by atoms with Gasteiger partial charge in [-0.1, -0.05) is 0 Å². The molecule has 2 heterocycles.